The lowest BCUT2D eigenvalue weighted by atomic mass is 10.4. The van der Waals surface area contributed by atoms with Gasteiger partial charge < -0.3 is 14.6 Å². The van der Waals surface area contributed by atoms with Gasteiger partial charge in [-0.25, -0.2) is 4.79 Å². The number of aromatic nitrogens is 2. The van der Waals surface area contributed by atoms with Gasteiger partial charge in [-0.05, 0) is 19.9 Å². The zero-order valence-corrected chi connectivity index (χ0v) is 9.21. The summed E-state index contributed by atoms with van der Waals surface area (Å²) >= 11 is 0. The van der Waals surface area contributed by atoms with Gasteiger partial charge in [0.15, 0.2) is 5.69 Å². The second-order valence-electron chi connectivity index (χ2n) is 3.33. The topological polar surface area (TPSA) is 81.5 Å². The van der Waals surface area contributed by atoms with E-state index in [1.54, 1.807) is 0 Å². The predicted molar refractivity (Wildman–Crippen MR) is 55.6 cm³/mol. The van der Waals surface area contributed by atoms with Crippen molar-refractivity contribution in [3.63, 3.8) is 0 Å². The van der Waals surface area contributed by atoms with Crippen LogP contribution in [0.3, 0.4) is 0 Å². The van der Waals surface area contributed by atoms with Crippen LogP contribution in [-0.4, -0.2) is 40.6 Å². The summed E-state index contributed by atoms with van der Waals surface area (Å²) in [4.78, 5) is 10.5. The van der Waals surface area contributed by atoms with E-state index in [0.29, 0.717) is 13.2 Å². The Morgan fingerprint density at radius 2 is 2.12 bits per heavy atom. The molecule has 1 aromatic heterocycles. The van der Waals surface area contributed by atoms with Crippen LogP contribution >= 0.6 is 0 Å². The fraction of sp³-hybridized carbons (Fsp3) is 0.500. The Bertz CT molecular complexity index is 337. The molecular formula is C10H14N2O4. The largest absolute Gasteiger partial charge is 0.476 e. The third kappa shape index (κ3) is 4.22. The minimum Gasteiger partial charge on any atom is -0.476 e. The summed E-state index contributed by atoms with van der Waals surface area (Å²) in [7, 11) is 0. The van der Waals surface area contributed by atoms with E-state index in [1.165, 1.54) is 12.1 Å². The number of carboxylic acid groups (broad SMARTS) is 1. The summed E-state index contributed by atoms with van der Waals surface area (Å²) in [6.45, 7) is 4.68. The molecule has 0 aliphatic heterocycles. The first kappa shape index (κ1) is 12.4. The van der Waals surface area contributed by atoms with Gasteiger partial charge in [0.25, 0.3) is 0 Å². The highest BCUT2D eigenvalue weighted by Crippen LogP contribution is 2.04. The van der Waals surface area contributed by atoms with Crippen molar-refractivity contribution < 1.29 is 19.4 Å². The van der Waals surface area contributed by atoms with Gasteiger partial charge in [0, 0.05) is 6.07 Å². The van der Waals surface area contributed by atoms with Gasteiger partial charge in [-0.15, -0.1) is 10.2 Å². The van der Waals surface area contributed by atoms with Gasteiger partial charge >= 0.3 is 5.97 Å². The van der Waals surface area contributed by atoms with Gasteiger partial charge in [0.2, 0.25) is 5.88 Å². The average Bonchev–Trinajstić information content (AvgIpc) is 2.25. The van der Waals surface area contributed by atoms with Gasteiger partial charge in [0.1, 0.15) is 6.61 Å². The smallest absolute Gasteiger partial charge is 0.356 e. The van der Waals surface area contributed by atoms with E-state index in [1.807, 2.05) is 13.8 Å². The van der Waals surface area contributed by atoms with E-state index in [2.05, 4.69) is 10.2 Å². The Labute approximate surface area is 93.2 Å². The summed E-state index contributed by atoms with van der Waals surface area (Å²) in [5.74, 6) is -0.820. The molecule has 0 amide bonds. The Balaban J connectivity index is 2.35. The minimum atomic E-state index is -1.11. The molecule has 88 valence electrons. The molecule has 0 saturated carbocycles. The highest BCUT2D eigenvalue weighted by molar-refractivity contribution is 5.84. The molecule has 0 aliphatic rings. The lowest BCUT2D eigenvalue weighted by molar-refractivity contribution is 0.0539. The first-order valence-corrected chi connectivity index (χ1v) is 4.91. The molecule has 0 aliphatic carbocycles. The van der Waals surface area contributed by atoms with Crippen LogP contribution in [0, 0.1) is 0 Å². The molecule has 0 bridgehead atoms. The lowest BCUT2D eigenvalue weighted by Gasteiger charge is -2.07. The highest BCUT2D eigenvalue weighted by Gasteiger charge is 2.05. The number of carboxylic acids is 1. The lowest BCUT2D eigenvalue weighted by Crippen LogP contribution is -2.12. The molecule has 0 radical (unpaired) electrons. The maximum absolute atomic E-state index is 10.5. The van der Waals surface area contributed by atoms with Gasteiger partial charge in [-0.2, -0.15) is 0 Å². The normalized spacial score (nSPS) is 10.4. The monoisotopic (exact) mass is 226 g/mol. The van der Waals surface area contributed by atoms with E-state index >= 15 is 0 Å². The van der Waals surface area contributed by atoms with Crippen LogP contribution in [0.4, 0.5) is 0 Å². The van der Waals surface area contributed by atoms with Gasteiger partial charge in [0.05, 0.1) is 12.7 Å². The second-order valence-corrected chi connectivity index (χ2v) is 3.33. The van der Waals surface area contributed by atoms with Crippen molar-refractivity contribution in [2.24, 2.45) is 0 Å². The number of aromatic carboxylic acids is 1. The number of hydrogen-bond acceptors (Lipinski definition) is 5. The number of rotatable bonds is 6. The standard InChI is InChI=1S/C10H14N2O4/c1-7(2)15-5-6-16-9-4-3-8(10(13)14)11-12-9/h3-4,7H,5-6H2,1-2H3,(H,13,14). The first-order valence-electron chi connectivity index (χ1n) is 4.91. The van der Waals surface area contributed by atoms with Crippen molar-refractivity contribution >= 4 is 5.97 Å². The van der Waals surface area contributed by atoms with E-state index in [4.69, 9.17) is 14.6 Å². The van der Waals surface area contributed by atoms with Crippen molar-refractivity contribution in [3.05, 3.63) is 17.8 Å². The zero-order chi connectivity index (χ0) is 12.0. The molecular weight excluding hydrogens is 212 g/mol. The van der Waals surface area contributed by atoms with Gasteiger partial charge in [-0.3, -0.25) is 0 Å². The summed E-state index contributed by atoms with van der Waals surface area (Å²) in [6, 6.07) is 2.81. The van der Waals surface area contributed by atoms with Crippen LogP contribution in [0.15, 0.2) is 12.1 Å². The zero-order valence-electron chi connectivity index (χ0n) is 9.21. The summed E-state index contributed by atoms with van der Waals surface area (Å²) < 4.78 is 10.5. The predicted octanol–water partition coefficient (Wildman–Crippen LogP) is 0.979. The highest BCUT2D eigenvalue weighted by atomic mass is 16.5. The molecule has 0 atom stereocenters. The molecule has 1 heterocycles. The first-order chi connectivity index (χ1) is 7.59. The van der Waals surface area contributed by atoms with Crippen LogP contribution in [0.5, 0.6) is 5.88 Å². The molecule has 0 spiro atoms. The number of hydrogen-bond donors (Lipinski definition) is 1. The third-order valence-electron chi connectivity index (χ3n) is 1.64. The molecule has 6 heteroatoms. The molecule has 0 fully saturated rings. The van der Waals surface area contributed by atoms with Crippen LogP contribution < -0.4 is 4.74 Å². The average molecular weight is 226 g/mol. The Hall–Kier alpha value is -1.69. The van der Waals surface area contributed by atoms with E-state index in [9.17, 15) is 4.79 Å². The Kier molecular flexibility index (Phi) is 4.65. The molecule has 0 saturated heterocycles. The van der Waals surface area contributed by atoms with Gasteiger partial charge in [-0.1, -0.05) is 0 Å². The molecule has 1 N–H and O–H groups in total. The van der Waals surface area contributed by atoms with Crippen molar-refractivity contribution in [2.45, 2.75) is 20.0 Å². The fourth-order valence-corrected chi connectivity index (χ4v) is 0.941. The Morgan fingerprint density at radius 1 is 1.38 bits per heavy atom. The second kappa shape index (κ2) is 6.02. The molecule has 1 rings (SSSR count). The Morgan fingerprint density at radius 3 is 2.62 bits per heavy atom. The molecule has 6 nitrogen and oxygen atoms in total. The molecule has 0 unspecified atom stereocenters. The van der Waals surface area contributed by atoms with Crippen molar-refractivity contribution in [1.29, 1.82) is 0 Å². The maximum atomic E-state index is 10.5. The van der Waals surface area contributed by atoms with Crippen LogP contribution in [-0.2, 0) is 4.74 Å². The van der Waals surface area contributed by atoms with Crippen LogP contribution in [0.1, 0.15) is 24.3 Å². The van der Waals surface area contributed by atoms with E-state index in [-0.39, 0.29) is 17.7 Å². The number of ether oxygens (including phenoxy) is 2. The fourth-order valence-electron chi connectivity index (χ4n) is 0.941. The molecule has 1 aromatic rings. The molecule has 16 heavy (non-hydrogen) atoms. The van der Waals surface area contributed by atoms with E-state index in [0.717, 1.165) is 0 Å². The summed E-state index contributed by atoms with van der Waals surface area (Å²) in [5.41, 5.74) is -0.106. The van der Waals surface area contributed by atoms with Crippen LogP contribution in [0.2, 0.25) is 0 Å². The van der Waals surface area contributed by atoms with Crippen molar-refractivity contribution in [3.8, 4) is 5.88 Å². The van der Waals surface area contributed by atoms with Crippen LogP contribution in [0.25, 0.3) is 0 Å². The summed E-state index contributed by atoms with van der Waals surface area (Å²) in [5, 5.41) is 15.7. The molecule has 0 aromatic carbocycles. The maximum Gasteiger partial charge on any atom is 0.356 e. The van der Waals surface area contributed by atoms with Crippen molar-refractivity contribution in [1.82, 2.24) is 10.2 Å². The number of carbonyl (C=O) groups is 1. The van der Waals surface area contributed by atoms with E-state index < -0.39 is 5.97 Å². The minimum absolute atomic E-state index is 0.106. The quantitative estimate of drug-likeness (QED) is 0.728. The van der Waals surface area contributed by atoms with Crippen molar-refractivity contribution in [2.75, 3.05) is 13.2 Å². The third-order valence-corrected chi connectivity index (χ3v) is 1.64. The summed E-state index contributed by atoms with van der Waals surface area (Å²) in [6.07, 6.45) is 0.157. The number of nitrogens with zero attached hydrogens (tertiary/aromatic N) is 2. The SMILES string of the molecule is CC(C)OCCOc1ccc(C(=O)O)nn1.